The molecule has 1 aliphatic heterocycles. The van der Waals surface area contributed by atoms with Crippen LogP contribution in [0, 0.1) is 0 Å². The molecular weight excluding hydrogens is 518 g/mol. The zero-order valence-electron chi connectivity index (χ0n) is 21.4. The second kappa shape index (κ2) is 12.8. The number of hydrogen-bond donors (Lipinski definition) is 6. The lowest BCUT2D eigenvalue weighted by Crippen LogP contribution is -2.57. The maximum Gasteiger partial charge on any atom is 0.327 e. The molecule has 0 bridgehead atoms. The molecule has 206 valence electrons. The van der Waals surface area contributed by atoms with Gasteiger partial charge in [-0.15, -0.1) is 0 Å². The molecule has 3 amide bonds. The van der Waals surface area contributed by atoms with E-state index in [1.165, 1.54) is 4.90 Å². The van der Waals surface area contributed by atoms with Gasteiger partial charge in [0.2, 0.25) is 17.7 Å². The van der Waals surface area contributed by atoms with Crippen molar-refractivity contribution < 1.29 is 24.3 Å². The van der Waals surface area contributed by atoms with Crippen LogP contribution >= 0.6 is 12.6 Å². The number of nitrogens with two attached hydrogens (primary N) is 1. The fourth-order valence-electron chi connectivity index (χ4n) is 4.92. The number of rotatable bonds is 11. The summed E-state index contributed by atoms with van der Waals surface area (Å²) in [6.45, 7) is 0.311. The third-order valence-electron chi connectivity index (χ3n) is 6.98. The van der Waals surface area contributed by atoms with Crippen molar-refractivity contribution in [1.82, 2.24) is 20.5 Å². The Kier molecular flexibility index (Phi) is 9.26. The lowest BCUT2D eigenvalue weighted by molar-refractivity contribution is -0.144. The van der Waals surface area contributed by atoms with Gasteiger partial charge in [-0.3, -0.25) is 14.4 Å². The number of fused-ring (bicyclic) bond motifs is 1. The lowest BCUT2D eigenvalue weighted by Gasteiger charge is -2.30. The Morgan fingerprint density at radius 2 is 1.74 bits per heavy atom. The predicted molar refractivity (Wildman–Crippen MR) is 150 cm³/mol. The number of carbonyl (C=O) groups excluding carboxylic acids is 3. The van der Waals surface area contributed by atoms with E-state index in [2.05, 4.69) is 28.2 Å². The zero-order valence-corrected chi connectivity index (χ0v) is 22.3. The van der Waals surface area contributed by atoms with Crippen molar-refractivity contribution in [3.8, 4) is 0 Å². The SMILES string of the molecule is NC(Cc1ccccc1)C(=O)NC(Cc1c[nH]c2ccccc12)C(=O)N1CCCC1C(=O)NC(CS)C(=O)O. The van der Waals surface area contributed by atoms with Gasteiger partial charge in [0.05, 0.1) is 6.04 Å². The third-order valence-corrected chi connectivity index (χ3v) is 7.35. The molecule has 4 unspecified atom stereocenters. The molecule has 2 heterocycles. The number of nitrogens with zero attached hydrogens (tertiary/aromatic N) is 1. The average molecular weight is 552 g/mol. The lowest BCUT2D eigenvalue weighted by atomic mass is 10.0. The summed E-state index contributed by atoms with van der Waals surface area (Å²) in [7, 11) is 0. The number of hydrogen-bond acceptors (Lipinski definition) is 6. The minimum absolute atomic E-state index is 0.0830. The second-order valence-electron chi connectivity index (χ2n) is 9.69. The molecule has 0 aliphatic carbocycles. The van der Waals surface area contributed by atoms with Crippen molar-refractivity contribution in [2.45, 2.75) is 49.9 Å². The number of benzene rings is 2. The standard InChI is InChI=1S/C28H33N5O5S/c29-20(13-17-7-2-1-3-8-17)25(34)31-22(14-18-15-30-21-10-5-4-9-19(18)21)27(36)33-12-6-11-24(33)26(35)32-23(16-39)28(37)38/h1-5,7-10,15,20,22-24,30,39H,6,11-14,16,29H2,(H,31,34)(H,32,35)(H,37,38). The Labute approximate surface area is 231 Å². The Hall–Kier alpha value is -3.83. The maximum absolute atomic E-state index is 13.9. The first kappa shape index (κ1) is 28.2. The van der Waals surface area contributed by atoms with Crippen molar-refractivity contribution in [2.24, 2.45) is 5.73 Å². The van der Waals surface area contributed by atoms with E-state index in [-0.39, 0.29) is 12.2 Å². The summed E-state index contributed by atoms with van der Waals surface area (Å²) in [5, 5.41) is 15.5. The maximum atomic E-state index is 13.9. The molecule has 6 N–H and O–H groups in total. The van der Waals surface area contributed by atoms with Crippen LogP contribution in [0.3, 0.4) is 0 Å². The van der Waals surface area contributed by atoms with Gasteiger partial charge in [0.15, 0.2) is 0 Å². The van der Waals surface area contributed by atoms with E-state index in [1.54, 1.807) is 6.20 Å². The van der Waals surface area contributed by atoms with Crippen LogP contribution < -0.4 is 16.4 Å². The van der Waals surface area contributed by atoms with E-state index in [4.69, 9.17) is 5.73 Å². The first-order valence-electron chi connectivity index (χ1n) is 12.9. The summed E-state index contributed by atoms with van der Waals surface area (Å²) >= 11 is 4.00. The molecule has 1 aliphatic rings. The second-order valence-corrected chi connectivity index (χ2v) is 10.1. The Balaban J connectivity index is 1.55. The number of amides is 3. The van der Waals surface area contributed by atoms with Gasteiger partial charge >= 0.3 is 5.97 Å². The largest absolute Gasteiger partial charge is 0.480 e. The number of carbonyl (C=O) groups is 4. The number of carboxylic acids is 1. The first-order chi connectivity index (χ1) is 18.8. The average Bonchev–Trinajstić information content (AvgIpc) is 3.59. The van der Waals surface area contributed by atoms with Crippen LogP contribution in [0.25, 0.3) is 10.9 Å². The molecule has 1 aromatic heterocycles. The highest BCUT2D eigenvalue weighted by Crippen LogP contribution is 2.23. The molecule has 3 aromatic rings. The number of aliphatic carboxylic acids is 1. The summed E-state index contributed by atoms with van der Waals surface area (Å²) in [4.78, 5) is 56.0. The molecule has 1 fully saturated rings. The van der Waals surface area contributed by atoms with Gasteiger partial charge in [-0.1, -0.05) is 48.5 Å². The van der Waals surface area contributed by atoms with Gasteiger partial charge in [0, 0.05) is 35.8 Å². The number of thiol groups is 1. The number of para-hydroxylation sites is 1. The fraction of sp³-hybridized carbons (Fsp3) is 0.357. The molecule has 4 atom stereocenters. The number of nitrogens with one attached hydrogen (secondary N) is 3. The molecule has 2 aromatic carbocycles. The molecule has 11 heteroatoms. The Morgan fingerprint density at radius 3 is 2.46 bits per heavy atom. The van der Waals surface area contributed by atoms with Gasteiger partial charge < -0.3 is 31.4 Å². The van der Waals surface area contributed by atoms with E-state index >= 15 is 0 Å². The summed E-state index contributed by atoms with van der Waals surface area (Å²) in [6.07, 6.45) is 3.25. The highest BCUT2D eigenvalue weighted by molar-refractivity contribution is 7.80. The highest BCUT2D eigenvalue weighted by atomic mass is 32.1. The van der Waals surface area contributed by atoms with Crippen molar-refractivity contribution in [1.29, 1.82) is 0 Å². The number of carboxylic acid groups (broad SMARTS) is 1. The Morgan fingerprint density at radius 1 is 1.03 bits per heavy atom. The number of aromatic amines is 1. The van der Waals surface area contributed by atoms with E-state index in [0.29, 0.717) is 25.8 Å². The van der Waals surface area contributed by atoms with Gasteiger partial charge in [-0.25, -0.2) is 4.79 Å². The van der Waals surface area contributed by atoms with Crippen LogP contribution in [0.4, 0.5) is 0 Å². The van der Waals surface area contributed by atoms with Gasteiger partial charge in [0.25, 0.3) is 0 Å². The molecular formula is C28H33N5O5S. The zero-order chi connectivity index (χ0) is 27.9. The molecule has 1 saturated heterocycles. The predicted octanol–water partition coefficient (Wildman–Crippen LogP) is 1.26. The third kappa shape index (κ3) is 6.79. The van der Waals surface area contributed by atoms with Crippen molar-refractivity contribution >= 4 is 47.2 Å². The summed E-state index contributed by atoms with van der Waals surface area (Å²) in [5.74, 6) is -2.74. The van der Waals surface area contributed by atoms with E-state index in [9.17, 15) is 24.3 Å². The highest BCUT2D eigenvalue weighted by Gasteiger charge is 2.39. The van der Waals surface area contributed by atoms with Gasteiger partial charge in [-0.05, 0) is 36.5 Å². The quantitative estimate of drug-likeness (QED) is 0.197. The topological polar surface area (TPSA) is 158 Å². The fourth-order valence-corrected chi connectivity index (χ4v) is 5.16. The number of aromatic nitrogens is 1. The van der Waals surface area contributed by atoms with Gasteiger partial charge in [-0.2, -0.15) is 12.6 Å². The van der Waals surface area contributed by atoms with Crippen molar-refractivity contribution in [2.75, 3.05) is 12.3 Å². The van der Waals surface area contributed by atoms with Crippen LogP contribution in [0.5, 0.6) is 0 Å². The summed E-state index contributed by atoms with van der Waals surface area (Å²) < 4.78 is 0. The smallest absolute Gasteiger partial charge is 0.327 e. The number of likely N-dealkylation sites (tertiary alicyclic amines) is 1. The molecule has 10 nitrogen and oxygen atoms in total. The Bertz CT molecular complexity index is 1330. The van der Waals surface area contributed by atoms with Crippen molar-refractivity contribution in [3.63, 3.8) is 0 Å². The van der Waals surface area contributed by atoms with Crippen LogP contribution in [0.2, 0.25) is 0 Å². The van der Waals surface area contributed by atoms with Gasteiger partial charge in [0.1, 0.15) is 18.1 Å². The number of H-pyrrole nitrogens is 1. The minimum atomic E-state index is -1.20. The molecule has 0 saturated carbocycles. The van der Waals surface area contributed by atoms with Crippen molar-refractivity contribution in [3.05, 3.63) is 71.9 Å². The van der Waals surface area contributed by atoms with Crippen LogP contribution in [-0.2, 0) is 32.0 Å². The molecule has 0 radical (unpaired) electrons. The molecule has 0 spiro atoms. The van der Waals surface area contributed by atoms with Crippen LogP contribution in [-0.4, -0.2) is 75.1 Å². The van der Waals surface area contributed by atoms with E-state index < -0.39 is 47.9 Å². The summed E-state index contributed by atoms with van der Waals surface area (Å²) in [5.41, 5.74) is 8.85. The van der Waals surface area contributed by atoms with E-state index in [1.807, 2.05) is 54.6 Å². The first-order valence-corrected chi connectivity index (χ1v) is 13.5. The summed E-state index contributed by atoms with van der Waals surface area (Å²) in [6, 6.07) is 13.1. The van der Waals surface area contributed by atoms with E-state index in [0.717, 1.165) is 22.0 Å². The minimum Gasteiger partial charge on any atom is -0.480 e. The van der Waals surface area contributed by atoms with Crippen LogP contribution in [0.15, 0.2) is 60.8 Å². The van der Waals surface area contributed by atoms with Crippen LogP contribution in [0.1, 0.15) is 24.0 Å². The molecule has 4 rings (SSSR count). The molecule has 39 heavy (non-hydrogen) atoms. The normalized spacial score (nSPS) is 17.4. The monoisotopic (exact) mass is 551 g/mol.